The molecule has 4 heterocycles. The summed E-state index contributed by atoms with van der Waals surface area (Å²) in [6, 6.07) is 6.16. The number of aliphatic hydroxyl groups is 1. The molecule has 45 heavy (non-hydrogen) atoms. The number of alkyl halides is 5. The van der Waals surface area contributed by atoms with Crippen molar-refractivity contribution in [3.8, 4) is 22.1 Å². The second kappa shape index (κ2) is 10.7. The normalized spacial score (nSPS) is 19.3. The zero-order valence-electron chi connectivity index (χ0n) is 23.7. The van der Waals surface area contributed by atoms with E-state index in [4.69, 9.17) is 15.2 Å². The highest BCUT2D eigenvalue weighted by Gasteiger charge is 2.58. The van der Waals surface area contributed by atoms with Crippen molar-refractivity contribution < 1.29 is 46.1 Å². The number of benzene rings is 1. The highest BCUT2D eigenvalue weighted by atomic mass is 32.1. The third kappa shape index (κ3) is 5.14. The summed E-state index contributed by atoms with van der Waals surface area (Å²) in [5.41, 5.74) is -0.805. The van der Waals surface area contributed by atoms with Gasteiger partial charge in [-0.1, -0.05) is 0 Å². The lowest BCUT2D eigenvalue weighted by Gasteiger charge is -2.31. The van der Waals surface area contributed by atoms with E-state index in [1.807, 2.05) is 0 Å². The van der Waals surface area contributed by atoms with Crippen LogP contribution in [-0.4, -0.2) is 58.1 Å². The molecule has 0 spiro atoms. The van der Waals surface area contributed by atoms with Crippen LogP contribution in [0.4, 0.5) is 22.0 Å². The summed E-state index contributed by atoms with van der Waals surface area (Å²) in [6.45, 7) is -0.397. The van der Waals surface area contributed by atoms with Gasteiger partial charge in [0.2, 0.25) is 11.5 Å². The van der Waals surface area contributed by atoms with E-state index in [0.717, 1.165) is 25.0 Å². The quantitative estimate of drug-likeness (QED) is 0.222. The molecular weight excluding hydrogens is 625 g/mol. The van der Waals surface area contributed by atoms with Crippen molar-refractivity contribution in [2.75, 3.05) is 20.3 Å². The number of ether oxygens (including phenoxy) is 2. The number of carbonyl (C=O) groups excluding carboxylic acids is 2. The van der Waals surface area contributed by atoms with E-state index in [1.54, 1.807) is 10.9 Å². The number of nitrogens with two attached hydrogens (primary N) is 1. The van der Waals surface area contributed by atoms with Crippen LogP contribution in [0.25, 0.3) is 21.5 Å². The van der Waals surface area contributed by atoms with Crippen molar-refractivity contribution >= 4 is 34.1 Å². The lowest BCUT2D eigenvalue weighted by atomic mass is 9.82. The minimum absolute atomic E-state index is 0.0119. The Morgan fingerprint density at radius 1 is 1.27 bits per heavy atom. The van der Waals surface area contributed by atoms with Crippen molar-refractivity contribution in [1.29, 1.82) is 0 Å². The number of hydrogen-bond acceptors (Lipinski definition) is 8. The maximum absolute atomic E-state index is 14.7. The fourth-order valence-corrected chi connectivity index (χ4v) is 5.99. The highest BCUT2D eigenvalue weighted by molar-refractivity contribution is 7.15. The molecule has 4 N–H and O–H groups in total. The number of amides is 2. The molecule has 4 aromatic rings. The lowest BCUT2D eigenvalue weighted by Crippen LogP contribution is -2.51. The van der Waals surface area contributed by atoms with Crippen LogP contribution in [0.2, 0.25) is 0 Å². The molecule has 3 aromatic heterocycles. The van der Waals surface area contributed by atoms with Crippen LogP contribution in [0.3, 0.4) is 0 Å². The van der Waals surface area contributed by atoms with E-state index < -0.39 is 47.7 Å². The van der Waals surface area contributed by atoms with E-state index in [0.29, 0.717) is 22.2 Å². The second-order valence-corrected chi connectivity index (χ2v) is 12.3. The number of carbonyl (C=O) groups is 2. The summed E-state index contributed by atoms with van der Waals surface area (Å²) in [5, 5.41) is 18.4. The Morgan fingerprint density at radius 3 is 2.60 bits per heavy atom. The third-order valence-corrected chi connectivity index (χ3v) is 9.18. The molecule has 2 amide bonds. The van der Waals surface area contributed by atoms with Gasteiger partial charge in [0.1, 0.15) is 29.0 Å². The molecule has 0 unspecified atom stereocenters. The van der Waals surface area contributed by atoms with E-state index in [9.17, 15) is 36.6 Å². The zero-order chi connectivity index (χ0) is 32.5. The van der Waals surface area contributed by atoms with Crippen molar-refractivity contribution in [3.63, 3.8) is 0 Å². The number of primary amides is 1. The molecule has 0 radical (unpaired) electrons. The Morgan fingerprint density at radius 2 is 2.00 bits per heavy atom. The smallest absolute Gasteiger partial charge is 0.424 e. The van der Waals surface area contributed by atoms with Crippen LogP contribution in [0, 0.1) is 0 Å². The van der Waals surface area contributed by atoms with E-state index in [2.05, 4.69) is 15.4 Å². The number of fused-ring (bicyclic) bond motifs is 2. The summed E-state index contributed by atoms with van der Waals surface area (Å²) in [5.74, 6) is -1.77. The van der Waals surface area contributed by atoms with Crippen molar-refractivity contribution in [1.82, 2.24) is 20.1 Å². The van der Waals surface area contributed by atoms with Gasteiger partial charge in [-0.25, -0.2) is 13.8 Å². The predicted octanol–water partition coefficient (Wildman–Crippen LogP) is 4.76. The van der Waals surface area contributed by atoms with Gasteiger partial charge >= 0.3 is 6.18 Å². The molecule has 238 valence electrons. The highest BCUT2D eigenvalue weighted by Crippen LogP contribution is 2.49. The predicted molar refractivity (Wildman–Crippen MR) is 151 cm³/mol. The largest absolute Gasteiger partial charge is 0.494 e. The topological polar surface area (TPSA) is 142 Å². The summed E-state index contributed by atoms with van der Waals surface area (Å²) in [4.78, 5) is 29.3. The molecule has 10 nitrogen and oxygen atoms in total. The Labute approximate surface area is 255 Å². The monoisotopic (exact) mass is 651 g/mol. The molecule has 2 aliphatic rings. The fraction of sp³-hybridized carbons (Fsp3) is 0.379. The Kier molecular flexibility index (Phi) is 7.27. The maximum atomic E-state index is 14.7. The number of aromatic nitrogens is 3. The SMILES string of the molecule is COc1cc(C(=O)NC[C@](O)(c2cc3c(c(-c4ccc(C(F)F)s4)n2)OC[C@]3(C)C(N)=O)C(F)(F)F)cc2cn(C3CC3)nc12. The minimum Gasteiger partial charge on any atom is -0.494 e. The molecule has 0 bridgehead atoms. The van der Waals surface area contributed by atoms with Gasteiger partial charge in [0.05, 0.1) is 35.1 Å². The van der Waals surface area contributed by atoms with Gasteiger partial charge in [0.15, 0.2) is 5.75 Å². The molecule has 1 fully saturated rings. The summed E-state index contributed by atoms with van der Waals surface area (Å²) in [7, 11) is 1.37. The van der Waals surface area contributed by atoms with Gasteiger partial charge in [0.25, 0.3) is 12.3 Å². The number of pyridine rings is 1. The van der Waals surface area contributed by atoms with Gasteiger partial charge in [-0.15, -0.1) is 11.3 Å². The molecular formula is C29H26F5N5O5S. The molecule has 16 heteroatoms. The van der Waals surface area contributed by atoms with E-state index >= 15 is 0 Å². The first-order valence-corrected chi connectivity index (χ1v) is 14.5. The Balaban J connectivity index is 1.40. The maximum Gasteiger partial charge on any atom is 0.424 e. The van der Waals surface area contributed by atoms with E-state index in [-0.39, 0.29) is 50.7 Å². The molecule has 1 aliphatic heterocycles. The first-order chi connectivity index (χ1) is 21.2. The average Bonchev–Trinajstić information content (AvgIpc) is 3.39. The van der Waals surface area contributed by atoms with Crippen LogP contribution < -0.4 is 20.5 Å². The van der Waals surface area contributed by atoms with Crippen LogP contribution in [0.15, 0.2) is 36.5 Å². The van der Waals surface area contributed by atoms with Gasteiger partial charge in [-0.05, 0) is 50.1 Å². The molecule has 1 aromatic carbocycles. The van der Waals surface area contributed by atoms with Crippen molar-refractivity contribution in [2.45, 2.75) is 49.4 Å². The fourth-order valence-electron chi connectivity index (χ4n) is 5.14. The van der Waals surface area contributed by atoms with Crippen molar-refractivity contribution in [2.24, 2.45) is 5.73 Å². The van der Waals surface area contributed by atoms with Crippen LogP contribution in [-0.2, 0) is 15.8 Å². The Bertz CT molecular complexity index is 1840. The number of hydrogen-bond donors (Lipinski definition) is 3. The molecule has 1 aliphatic carbocycles. The van der Waals surface area contributed by atoms with Crippen LogP contribution in [0.1, 0.15) is 58.7 Å². The molecule has 6 rings (SSSR count). The first kappa shape index (κ1) is 30.7. The number of nitrogens with zero attached hydrogens (tertiary/aromatic N) is 3. The molecule has 0 saturated heterocycles. The first-order valence-electron chi connectivity index (χ1n) is 13.7. The van der Waals surface area contributed by atoms with Gasteiger partial charge in [-0.3, -0.25) is 14.3 Å². The molecule has 2 atom stereocenters. The summed E-state index contributed by atoms with van der Waals surface area (Å²) in [6.07, 6.45) is -4.65. The molecule has 1 saturated carbocycles. The van der Waals surface area contributed by atoms with Gasteiger partial charge < -0.3 is 25.6 Å². The number of methoxy groups -OCH3 is 1. The van der Waals surface area contributed by atoms with E-state index in [1.165, 1.54) is 32.2 Å². The summed E-state index contributed by atoms with van der Waals surface area (Å²) < 4.78 is 83.6. The average molecular weight is 652 g/mol. The zero-order valence-corrected chi connectivity index (χ0v) is 24.6. The lowest BCUT2D eigenvalue weighted by molar-refractivity contribution is -0.265. The third-order valence-electron chi connectivity index (χ3n) is 8.08. The second-order valence-electron chi connectivity index (χ2n) is 11.2. The standard InChI is InChI=1S/C29H26F5N5O5S/c1-27(26(35)41)12-44-23-16(27)9-20(37-22(23)18-5-6-19(45-18)24(30)31)28(42,29(32,33)34)11-36-25(40)13-7-14-10-39(15-3-4-15)38-21(14)17(8-13)43-2/h5-10,15,24,42H,3-4,11-12H2,1-2H3,(H2,35,41)(H,36,40)/t27-,28-/m0/s1. The number of nitrogens with one attached hydrogen (secondary N) is 1. The van der Waals surface area contributed by atoms with Crippen LogP contribution >= 0.6 is 11.3 Å². The number of halogens is 5. The summed E-state index contributed by atoms with van der Waals surface area (Å²) >= 11 is 0.563. The van der Waals surface area contributed by atoms with Crippen LogP contribution in [0.5, 0.6) is 11.5 Å². The van der Waals surface area contributed by atoms with Crippen molar-refractivity contribution in [3.05, 3.63) is 58.2 Å². The van der Waals surface area contributed by atoms with Gasteiger partial charge in [-0.2, -0.15) is 18.3 Å². The number of thiophene rings is 1. The minimum atomic E-state index is -5.40. The van der Waals surface area contributed by atoms with Gasteiger partial charge in [0, 0.05) is 22.7 Å². The number of rotatable bonds is 9. The Hall–Kier alpha value is -4.31.